The van der Waals surface area contributed by atoms with Crippen LogP contribution in [-0.4, -0.2) is 46.5 Å². The zero-order chi connectivity index (χ0) is 13.3. The van der Waals surface area contributed by atoms with Crippen molar-refractivity contribution in [3.05, 3.63) is 4.60 Å². The summed E-state index contributed by atoms with van der Waals surface area (Å²) >= 11 is 3.05. The van der Waals surface area contributed by atoms with Crippen molar-refractivity contribution in [2.45, 2.75) is 24.0 Å². The van der Waals surface area contributed by atoms with E-state index < -0.39 is 16.2 Å². The second kappa shape index (κ2) is 4.88. The summed E-state index contributed by atoms with van der Waals surface area (Å²) in [6, 6.07) is 0. The van der Waals surface area contributed by atoms with E-state index in [0.717, 1.165) is 0 Å². The van der Waals surface area contributed by atoms with E-state index in [2.05, 4.69) is 31.2 Å². The number of isocyanates is 1. The van der Waals surface area contributed by atoms with Crippen molar-refractivity contribution in [3.8, 4) is 0 Å². The van der Waals surface area contributed by atoms with E-state index in [1.165, 1.54) is 22.1 Å². The molecule has 1 unspecified atom stereocenters. The fourth-order valence-corrected chi connectivity index (χ4v) is 4.53. The second-order valence-corrected chi connectivity index (χ2v) is 6.32. The molecule has 0 spiro atoms. The number of carbonyl (C=O) groups excluding carboxylic acids is 1. The largest absolute Gasteiger partial charge is 0.264 e. The van der Waals surface area contributed by atoms with E-state index in [-0.39, 0.29) is 9.63 Å². The summed E-state index contributed by atoms with van der Waals surface area (Å²) in [5.41, 5.74) is 0. The second-order valence-electron chi connectivity index (χ2n) is 3.77. The molecule has 8 nitrogen and oxygen atoms in total. The average Bonchev–Trinajstić information content (AvgIpc) is 2.87. The van der Waals surface area contributed by atoms with Crippen LogP contribution in [0.1, 0.15) is 12.8 Å². The van der Waals surface area contributed by atoms with Gasteiger partial charge in [0.25, 0.3) is 10.0 Å². The van der Waals surface area contributed by atoms with Crippen molar-refractivity contribution in [3.63, 3.8) is 0 Å². The number of halogens is 1. The normalized spacial score (nSPS) is 20.9. The van der Waals surface area contributed by atoms with Gasteiger partial charge in [-0.2, -0.15) is 9.30 Å². The first kappa shape index (κ1) is 13.3. The molecule has 1 aliphatic rings. The summed E-state index contributed by atoms with van der Waals surface area (Å²) in [6.45, 7) is 0.315. The van der Waals surface area contributed by atoms with Gasteiger partial charge in [-0.15, -0.1) is 5.10 Å². The Labute approximate surface area is 112 Å². The SMILES string of the molecule is Cn1nnc(Br)c1S(=O)(=O)N1CCCC1N=C=O. The number of nitrogens with zero attached hydrogens (tertiary/aromatic N) is 5. The minimum Gasteiger partial charge on any atom is -0.235 e. The van der Waals surface area contributed by atoms with Crippen molar-refractivity contribution < 1.29 is 13.2 Å². The van der Waals surface area contributed by atoms with Gasteiger partial charge in [-0.3, -0.25) is 0 Å². The van der Waals surface area contributed by atoms with Crippen molar-refractivity contribution in [1.29, 1.82) is 0 Å². The molecule has 2 rings (SSSR count). The van der Waals surface area contributed by atoms with Gasteiger partial charge in [0.15, 0.2) is 4.60 Å². The van der Waals surface area contributed by atoms with Crippen LogP contribution in [0.15, 0.2) is 14.6 Å². The lowest BCUT2D eigenvalue weighted by molar-refractivity contribution is 0.390. The summed E-state index contributed by atoms with van der Waals surface area (Å²) in [5.74, 6) is 0. The minimum absolute atomic E-state index is 0.0458. The molecule has 0 aromatic carbocycles. The van der Waals surface area contributed by atoms with Crippen LogP contribution >= 0.6 is 15.9 Å². The van der Waals surface area contributed by atoms with Crippen LogP contribution < -0.4 is 0 Å². The van der Waals surface area contributed by atoms with Crippen molar-refractivity contribution >= 4 is 32.0 Å². The van der Waals surface area contributed by atoms with Crippen LogP contribution in [0.4, 0.5) is 0 Å². The predicted octanol–water partition coefficient (Wildman–Crippen LogP) is 0.0240. The number of hydrogen-bond donors (Lipinski definition) is 0. The highest BCUT2D eigenvalue weighted by molar-refractivity contribution is 9.10. The third kappa shape index (κ3) is 2.12. The minimum atomic E-state index is -3.78. The quantitative estimate of drug-likeness (QED) is 0.573. The van der Waals surface area contributed by atoms with Crippen LogP contribution in [0.25, 0.3) is 0 Å². The monoisotopic (exact) mass is 335 g/mol. The lowest BCUT2D eigenvalue weighted by Gasteiger charge is -2.19. The van der Waals surface area contributed by atoms with Crippen LogP contribution in [0, 0.1) is 0 Å². The summed E-state index contributed by atoms with van der Waals surface area (Å²) in [5, 5.41) is 7.23. The van der Waals surface area contributed by atoms with Gasteiger partial charge in [0.2, 0.25) is 11.1 Å². The van der Waals surface area contributed by atoms with Gasteiger partial charge >= 0.3 is 0 Å². The number of sulfonamides is 1. The summed E-state index contributed by atoms with van der Waals surface area (Å²) < 4.78 is 27.3. The Balaban J connectivity index is 2.46. The summed E-state index contributed by atoms with van der Waals surface area (Å²) in [4.78, 5) is 13.8. The molecule has 1 fully saturated rings. The van der Waals surface area contributed by atoms with E-state index in [9.17, 15) is 13.2 Å². The van der Waals surface area contributed by atoms with Crippen molar-refractivity contribution in [1.82, 2.24) is 19.3 Å². The molecule has 1 aliphatic heterocycles. The van der Waals surface area contributed by atoms with E-state index in [4.69, 9.17) is 0 Å². The lowest BCUT2D eigenvalue weighted by Crippen LogP contribution is -2.35. The Morgan fingerprint density at radius 1 is 1.56 bits per heavy atom. The third-order valence-corrected chi connectivity index (χ3v) is 5.45. The first-order valence-electron chi connectivity index (χ1n) is 5.12. The highest BCUT2D eigenvalue weighted by Gasteiger charge is 2.38. The number of aromatic nitrogens is 3. The fourth-order valence-electron chi connectivity index (χ4n) is 1.90. The molecule has 1 saturated heterocycles. The van der Waals surface area contributed by atoms with Gasteiger partial charge < -0.3 is 0 Å². The van der Waals surface area contributed by atoms with Gasteiger partial charge in [-0.05, 0) is 28.8 Å². The molecule has 0 N–H and O–H groups in total. The lowest BCUT2D eigenvalue weighted by atomic mass is 10.3. The maximum atomic E-state index is 12.4. The maximum Gasteiger partial charge on any atom is 0.264 e. The van der Waals surface area contributed by atoms with Crippen LogP contribution in [0.5, 0.6) is 0 Å². The average molecular weight is 336 g/mol. The molecule has 0 aliphatic carbocycles. The highest BCUT2D eigenvalue weighted by Crippen LogP contribution is 2.29. The molecule has 0 saturated carbocycles. The maximum absolute atomic E-state index is 12.4. The molecule has 1 aromatic rings. The molecule has 0 radical (unpaired) electrons. The zero-order valence-corrected chi connectivity index (χ0v) is 11.8. The van der Waals surface area contributed by atoms with Gasteiger partial charge in [0, 0.05) is 13.6 Å². The summed E-state index contributed by atoms with van der Waals surface area (Å²) in [7, 11) is -2.29. The topological polar surface area (TPSA) is 97.5 Å². The number of aliphatic imine (C=N–C) groups is 1. The van der Waals surface area contributed by atoms with Gasteiger partial charge in [-0.25, -0.2) is 17.9 Å². The van der Waals surface area contributed by atoms with Gasteiger partial charge in [0.1, 0.15) is 6.17 Å². The van der Waals surface area contributed by atoms with E-state index >= 15 is 0 Å². The molecule has 1 aromatic heterocycles. The first-order chi connectivity index (χ1) is 8.48. The molecule has 2 heterocycles. The molecule has 10 heteroatoms. The van der Waals surface area contributed by atoms with Crippen molar-refractivity contribution in [2.75, 3.05) is 6.54 Å². The molecule has 0 bridgehead atoms. The standard InChI is InChI=1S/C8H10BrN5O3S/c1-13-8(7(9)11-12-13)18(16,17)14-4-2-3-6(14)10-5-15/h6H,2-4H2,1H3. The Morgan fingerprint density at radius 2 is 2.28 bits per heavy atom. The van der Waals surface area contributed by atoms with E-state index in [1.807, 2.05) is 0 Å². The van der Waals surface area contributed by atoms with Crippen molar-refractivity contribution in [2.24, 2.45) is 12.0 Å². The summed E-state index contributed by atoms with van der Waals surface area (Å²) in [6.07, 6.45) is 1.88. The molecule has 0 amide bonds. The smallest absolute Gasteiger partial charge is 0.235 e. The molecule has 1 atom stereocenters. The molecule has 18 heavy (non-hydrogen) atoms. The Morgan fingerprint density at radius 3 is 2.83 bits per heavy atom. The Bertz CT molecular complexity index is 587. The van der Waals surface area contributed by atoms with Crippen LogP contribution in [-0.2, 0) is 21.9 Å². The number of rotatable bonds is 3. The number of hydrogen-bond acceptors (Lipinski definition) is 6. The van der Waals surface area contributed by atoms with E-state index in [0.29, 0.717) is 19.4 Å². The molecular formula is C8H10BrN5O3S. The third-order valence-electron chi connectivity index (χ3n) is 2.67. The number of aryl methyl sites for hydroxylation is 1. The first-order valence-corrected chi connectivity index (χ1v) is 7.36. The Hall–Kier alpha value is -1.09. The zero-order valence-electron chi connectivity index (χ0n) is 9.45. The van der Waals surface area contributed by atoms with E-state index in [1.54, 1.807) is 0 Å². The van der Waals surface area contributed by atoms with Gasteiger partial charge in [-0.1, -0.05) is 5.21 Å². The highest BCUT2D eigenvalue weighted by atomic mass is 79.9. The molecular weight excluding hydrogens is 326 g/mol. The van der Waals surface area contributed by atoms with Crippen LogP contribution in [0.3, 0.4) is 0 Å². The predicted molar refractivity (Wildman–Crippen MR) is 63.7 cm³/mol. The van der Waals surface area contributed by atoms with Gasteiger partial charge in [0.05, 0.1) is 0 Å². The Kier molecular flexibility index (Phi) is 3.62. The fraction of sp³-hybridized carbons (Fsp3) is 0.625. The molecule has 98 valence electrons. The van der Waals surface area contributed by atoms with Crippen LogP contribution in [0.2, 0.25) is 0 Å².